The Morgan fingerprint density at radius 3 is 2.48 bits per heavy atom. The number of Topliss-reactive ketones (excluding diaryl/α,β-unsaturated/α-hetero) is 1. The number of ether oxygens (including phenoxy) is 2. The molecule has 2 N–H and O–H groups in total. The Hall–Kier alpha value is -2.86. The molecule has 0 saturated carbocycles. The van der Waals surface area contributed by atoms with Crippen LogP contribution in [0.15, 0.2) is 36.4 Å². The van der Waals surface area contributed by atoms with Crippen molar-refractivity contribution < 1.29 is 24.2 Å². The summed E-state index contributed by atoms with van der Waals surface area (Å²) in [6.45, 7) is 1.97. The summed E-state index contributed by atoms with van der Waals surface area (Å²) in [7, 11) is 3.12. The summed E-state index contributed by atoms with van der Waals surface area (Å²) >= 11 is 0. The first-order chi connectivity index (χ1) is 13.9. The van der Waals surface area contributed by atoms with Gasteiger partial charge in [-0.2, -0.15) is 0 Å². The fourth-order valence-electron chi connectivity index (χ4n) is 3.80. The number of fused-ring (bicyclic) bond motifs is 1. The highest BCUT2D eigenvalue weighted by Gasteiger charge is 2.38. The van der Waals surface area contributed by atoms with E-state index in [9.17, 15) is 14.7 Å². The van der Waals surface area contributed by atoms with Crippen LogP contribution in [0.25, 0.3) is 0 Å². The minimum Gasteiger partial charge on any atom is -0.493 e. The van der Waals surface area contributed by atoms with Crippen LogP contribution in [0.3, 0.4) is 0 Å². The molecule has 1 aliphatic rings. The second-order valence-corrected chi connectivity index (χ2v) is 7.41. The van der Waals surface area contributed by atoms with Crippen molar-refractivity contribution in [3.05, 3.63) is 58.7 Å². The molecule has 1 amide bonds. The fraction of sp³-hybridized carbons (Fsp3) is 0.391. The predicted octanol–water partition coefficient (Wildman–Crippen LogP) is 2.93. The molecule has 1 unspecified atom stereocenters. The van der Waals surface area contributed by atoms with Crippen LogP contribution in [0.5, 0.6) is 11.5 Å². The second kappa shape index (κ2) is 8.66. The van der Waals surface area contributed by atoms with Crippen LogP contribution >= 0.6 is 0 Å². The lowest BCUT2D eigenvalue weighted by Gasteiger charge is -2.25. The lowest BCUT2D eigenvalue weighted by atomic mass is 9.95. The van der Waals surface area contributed by atoms with E-state index in [1.54, 1.807) is 26.4 Å². The number of benzene rings is 2. The van der Waals surface area contributed by atoms with Gasteiger partial charge in [0.2, 0.25) is 5.91 Å². The van der Waals surface area contributed by atoms with Gasteiger partial charge in [0.05, 0.1) is 20.8 Å². The van der Waals surface area contributed by atoms with Crippen molar-refractivity contribution >= 4 is 11.7 Å². The summed E-state index contributed by atoms with van der Waals surface area (Å²) in [5.41, 5.74) is 2.11. The third-order valence-electron chi connectivity index (χ3n) is 5.52. The molecule has 6 heteroatoms. The number of ketones is 1. The van der Waals surface area contributed by atoms with E-state index in [4.69, 9.17) is 9.47 Å². The maximum Gasteiger partial charge on any atom is 0.220 e. The van der Waals surface area contributed by atoms with Crippen molar-refractivity contribution in [1.29, 1.82) is 0 Å². The Morgan fingerprint density at radius 2 is 1.79 bits per heavy atom. The van der Waals surface area contributed by atoms with Crippen molar-refractivity contribution in [3.8, 4) is 11.5 Å². The zero-order valence-corrected chi connectivity index (χ0v) is 17.1. The molecule has 2 aromatic carbocycles. The highest BCUT2D eigenvalue weighted by molar-refractivity contribution is 5.99. The average molecular weight is 397 g/mol. The van der Waals surface area contributed by atoms with Crippen LogP contribution < -0.4 is 14.8 Å². The van der Waals surface area contributed by atoms with Crippen molar-refractivity contribution in [2.24, 2.45) is 0 Å². The van der Waals surface area contributed by atoms with Gasteiger partial charge in [0, 0.05) is 18.4 Å². The third-order valence-corrected chi connectivity index (χ3v) is 5.52. The highest BCUT2D eigenvalue weighted by atomic mass is 16.5. The van der Waals surface area contributed by atoms with Crippen LogP contribution in [0, 0.1) is 6.92 Å². The molecule has 0 aromatic heterocycles. The molecular weight excluding hydrogens is 370 g/mol. The minimum atomic E-state index is -1.16. The Morgan fingerprint density at radius 1 is 1.10 bits per heavy atom. The van der Waals surface area contributed by atoms with E-state index in [0.29, 0.717) is 29.9 Å². The molecule has 0 radical (unpaired) electrons. The van der Waals surface area contributed by atoms with E-state index in [1.165, 1.54) is 0 Å². The Kier molecular flexibility index (Phi) is 6.23. The summed E-state index contributed by atoms with van der Waals surface area (Å²) in [4.78, 5) is 24.6. The molecule has 6 nitrogen and oxygen atoms in total. The summed E-state index contributed by atoms with van der Waals surface area (Å²) in [6, 6.07) is 11.0. The molecule has 1 aliphatic carbocycles. The zero-order chi connectivity index (χ0) is 21.0. The Labute approximate surface area is 170 Å². The number of aryl methyl sites for hydroxylation is 2. The van der Waals surface area contributed by atoms with Crippen molar-refractivity contribution in [2.75, 3.05) is 20.8 Å². The van der Waals surface area contributed by atoms with Crippen LogP contribution in [0.2, 0.25) is 0 Å². The molecule has 0 heterocycles. The second-order valence-electron chi connectivity index (χ2n) is 7.41. The lowest BCUT2D eigenvalue weighted by Crippen LogP contribution is -2.39. The first-order valence-corrected chi connectivity index (χ1v) is 9.71. The van der Waals surface area contributed by atoms with Gasteiger partial charge in [-0.25, -0.2) is 0 Å². The fourth-order valence-corrected chi connectivity index (χ4v) is 3.80. The van der Waals surface area contributed by atoms with Gasteiger partial charge in [-0.1, -0.05) is 24.3 Å². The SMILES string of the molecule is COc1cc2c(cc1OC)C(O)(CNC(=O)CCC(=O)c1ccccc1C)CC2. The van der Waals surface area contributed by atoms with Crippen molar-refractivity contribution in [2.45, 2.75) is 38.2 Å². The normalized spacial score (nSPS) is 17.5. The standard InChI is InChI=1S/C23H27NO5/c1-15-6-4-5-7-17(15)19(25)8-9-22(26)24-14-23(27)11-10-16-12-20(28-2)21(29-3)13-18(16)23/h4-7,12-13,27H,8-11,14H2,1-3H3,(H,24,26). The van der Waals surface area contributed by atoms with E-state index >= 15 is 0 Å². The summed E-state index contributed by atoms with van der Waals surface area (Å²) in [5, 5.41) is 13.9. The number of hydrogen-bond donors (Lipinski definition) is 2. The van der Waals surface area contributed by atoms with Crippen molar-refractivity contribution in [1.82, 2.24) is 5.32 Å². The van der Waals surface area contributed by atoms with Gasteiger partial charge in [0.25, 0.3) is 0 Å². The minimum absolute atomic E-state index is 0.0556. The molecular formula is C23H27NO5. The maximum atomic E-state index is 12.3. The van der Waals surface area contributed by atoms with Gasteiger partial charge in [0.15, 0.2) is 17.3 Å². The number of carbonyl (C=O) groups is 2. The van der Waals surface area contributed by atoms with E-state index in [0.717, 1.165) is 16.7 Å². The molecule has 3 rings (SSSR count). The average Bonchev–Trinajstić information content (AvgIpc) is 3.06. The smallest absolute Gasteiger partial charge is 0.220 e. The number of carbonyl (C=O) groups excluding carboxylic acids is 2. The molecule has 0 spiro atoms. The first-order valence-electron chi connectivity index (χ1n) is 9.71. The predicted molar refractivity (Wildman–Crippen MR) is 110 cm³/mol. The van der Waals surface area contributed by atoms with E-state index in [1.807, 2.05) is 31.2 Å². The van der Waals surface area contributed by atoms with E-state index in [2.05, 4.69) is 5.32 Å². The van der Waals surface area contributed by atoms with E-state index < -0.39 is 5.60 Å². The molecule has 2 aromatic rings. The topological polar surface area (TPSA) is 84.9 Å². The highest BCUT2D eigenvalue weighted by Crippen LogP contribution is 2.42. The molecule has 29 heavy (non-hydrogen) atoms. The summed E-state index contributed by atoms with van der Waals surface area (Å²) in [6.07, 6.45) is 1.41. The van der Waals surface area contributed by atoms with Crippen LogP contribution in [0.1, 0.15) is 46.3 Å². The molecule has 0 bridgehead atoms. The van der Waals surface area contributed by atoms with Gasteiger partial charge in [-0.15, -0.1) is 0 Å². The van der Waals surface area contributed by atoms with Gasteiger partial charge in [-0.05, 0) is 48.6 Å². The molecule has 154 valence electrons. The third kappa shape index (κ3) is 4.43. The Bertz CT molecular complexity index is 923. The molecule has 0 fully saturated rings. The van der Waals surface area contributed by atoms with Crippen LogP contribution in [-0.2, 0) is 16.8 Å². The monoisotopic (exact) mass is 397 g/mol. The number of methoxy groups -OCH3 is 2. The summed E-state index contributed by atoms with van der Waals surface area (Å²) < 4.78 is 10.7. The van der Waals surface area contributed by atoms with Crippen molar-refractivity contribution in [3.63, 3.8) is 0 Å². The first kappa shape index (κ1) is 20.9. The maximum absolute atomic E-state index is 12.3. The molecule has 0 aliphatic heterocycles. The number of aliphatic hydroxyl groups is 1. The number of nitrogens with one attached hydrogen (secondary N) is 1. The Balaban J connectivity index is 1.60. The zero-order valence-electron chi connectivity index (χ0n) is 17.1. The van der Waals surface area contributed by atoms with E-state index in [-0.39, 0.29) is 31.1 Å². The number of hydrogen-bond acceptors (Lipinski definition) is 5. The largest absolute Gasteiger partial charge is 0.493 e. The van der Waals surface area contributed by atoms with Gasteiger partial charge in [0.1, 0.15) is 5.60 Å². The summed E-state index contributed by atoms with van der Waals surface area (Å²) in [5.74, 6) is 0.852. The number of amides is 1. The quantitative estimate of drug-likeness (QED) is 0.669. The van der Waals surface area contributed by atoms with Crippen LogP contribution in [0.4, 0.5) is 0 Å². The van der Waals surface area contributed by atoms with Gasteiger partial charge in [-0.3, -0.25) is 9.59 Å². The molecule has 0 saturated heterocycles. The number of rotatable bonds is 8. The van der Waals surface area contributed by atoms with Gasteiger partial charge >= 0.3 is 0 Å². The van der Waals surface area contributed by atoms with Gasteiger partial charge < -0.3 is 19.9 Å². The molecule has 1 atom stereocenters. The lowest BCUT2D eigenvalue weighted by molar-refractivity contribution is -0.122. The van der Waals surface area contributed by atoms with Crippen LogP contribution in [-0.4, -0.2) is 37.6 Å².